The largest absolute Gasteiger partial charge is 0.573 e. The number of alkyl halides is 6. The minimum absolute atomic E-state index is 0.0439. The van der Waals surface area contributed by atoms with Gasteiger partial charge >= 0.3 is 12.5 Å². The third kappa shape index (κ3) is 5.29. The minimum atomic E-state index is -4.83. The first-order valence-electron chi connectivity index (χ1n) is 10.4. The van der Waals surface area contributed by atoms with E-state index < -0.39 is 41.9 Å². The van der Waals surface area contributed by atoms with Crippen LogP contribution in [-0.2, 0) is 27.7 Å². The number of amides is 1. The second kappa shape index (κ2) is 9.43. The SMILES string of the molecule is O=C(Nc1ccc(OC(F)(F)F)cc1)C1(c2ccc(-c3cnc(C(F)(F)F)cc3CO)cc2)COC1. The second-order valence-electron chi connectivity index (χ2n) is 8.06. The zero-order chi connectivity index (χ0) is 26.1. The van der Waals surface area contributed by atoms with Gasteiger partial charge < -0.3 is 19.9 Å². The standard InChI is InChI=1S/C24H18F6N2O4/c25-23(26,27)20-9-15(11-33)19(10-31-20)14-1-3-16(4-2-14)22(12-35-13-22)21(34)32-17-5-7-18(8-6-17)36-24(28,29)30/h1-10,33H,11-13H2,(H,32,34). The van der Waals surface area contributed by atoms with Crippen LogP contribution in [0.1, 0.15) is 16.8 Å². The molecular weight excluding hydrogens is 494 g/mol. The van der Waals surface area contributed by atoms with Gasteiger partial charge in [0, 0.05) is 17.4 Å². The summed E-state index contributed by atoms with van der Waals surface area (Å²) in [7, 11) is 0. The summed E-state index contributed by atoms with van der Waals surface area (Å²) < 4.78 is 84.9. The van der Waals surface area contributed by atoms with Crippen molar-refractivity contribution in [2.45, 2.75) is 24.6 Å². The van der Waals surface area contributed by atoms with E-state index in [2.05, 4.69) is 15.0 Å². The van der Waals surface area contributed by atoms with E-state index in [1.807, 2.05) is 0 Å². The normalized spacial score (nSPS) is 15.2. The Kier molecular flexibility index (Phi) is 6.67. The zero-order valence-corrected chi connectivity index (χ0v) is 18.3. The van der Waals surface area contributed by atoms with Crippen molar-refractivity contribution in [1.82, 2.24) is 4.98 Å². The van der Waals surface area contributed by atoms with Crippen molar-refractivity contribution in [3.63, 3.8) is 0 Å². The van der Waals surface area contributed by atoms with Crippen LogP contribution in [0.25, 0.3) is 11.1 Å². The van der Waals surface area contributed by atoms with E-state index in [1.165, 1.54) is 12.1 Å². The van der Waals surface area contributed by atoms with Crippen LogP contribution in [0.5, 0.6) is 5.75 Å². The van der Waals surface area contributed by atoms with Gasteiger partial charge in [-0.1, -0.05) is 24.3 Å². The van der Waals surface area contributed by atoms with E-state index in [4.69, 9.17) is 4.74 Å². The number of nitrogens with zero attached hydrogens (tertiary/aromatic N) is 1. The molecule has 0 spiro atoms. The van der Waals surface area contributed by atoms with E-state index in [0.29, 0.717) is 16.7 Å². The van der Waals surface area contributed by atoms with Crippen molar-refractivity contribution in [2.75, 3.05) is 18.5 Å². The third-order valence-corrected chi connectivity index (χ3v) is 5.68. The molecule has 2 aromatic carbocycles. The number of carbonyl (C=O) groups excluding carboxylic acids is 1. The van der Waals surface area contributed by atoms with Gasteiger partial charge in [-0.2, -0.15) is 13.2 Å². The van der Waals surface area contributed by atoms with Crippen LogP contribution in [-0.4, -0.2) is 35.6 Å². The fourth-order valence-electron chi connectivity index (χ4n) is 3.74. The summed E-state index contributed by atoms with van der Waals surface area (Å²) >= 11 is 0. The molecule has 1 aliphatic heterocycles. The van der Waals surface area contributed by atoms with Crippen molar-refractivity contribution in [1.29, 1.82) is 0 Å². The Bertz CT molecular complexity index is 1240. The molecular formula is C24H18F6N2O4. The molecule has 0 atom stereocenters. The molecule has 0 aliphatic carbocycles. The highest BCUT2D eigenvalue weighted by Gasteiger charge is 2.47. The molecule has 1 aliphatic rings. The van der Waals surface area contributed by atoms with Crippen LogP contribution < -0.4 is 10.1 Å². The molecule has 190 valence electrons. The molecule has 2 N–H and O–H groups in total. The van der Waals surface area contributed by atoms with E-state index in [1.54, 1.807) is 24.3 Å². The molecule has 1 fully saturated rings. The molecule has 1 amide bonds. The van der Waals surface area contributed by atoms with Gasteiger partial charge in [-0.3, -0.25) is 9.78 Å². The van der Waals surface area contributed by atoms with E-state index in [0.717, 1.165) is 24.4 Å². The maximum Gasteiger partial charge on any atom is 0.573 e. The topological polar surface area (TPSA) is 80.7 Å². The van der Waals surface area contributed by atoms with Gasteiger partial charge in [-0.05, 0) is 47.0 Å². The predicted molar refractivity (Wildman–Crippen MR) is 115 cm³/mol. The number of carbonyl (C=O) groups is 1. The van der Waals surface area contributed by atoms with Crippen LogP contribution in [0, 0.1) is 0 Å². The lowest BCUT2D eigenvalue weighted by atomic mass is 9.77. The fourth-order valence-corrected chi connectivity index (χ4v) is 3.74. The maximum atomic E-state index is 13.1. The Morgan fingerprint density at radius 2 is 1.67 bits per heavy atom. The molecule has 36 heavy (non-hydrogen) atoms. The summed E-state index contributed by atoms with van der Waals surface area (Å²) in [4.78, 5) is 16.5. The van der Waals surface area contributed by atoms with Crippen molar-refractivity contribution >= 4 is 11.6 Å². The van der Waals surface area contributed by atoms with Crippen molar-refractivity contribution in [3.05, 3.63) is 77.6 Å². The number of aromatic nitrogens is 1. The number of nitrogens with one attached hydrogen (secondary N) is 1. The number of anilines is 1. The second-order valence-corrected chi connectivity index (χ2v) is 8.06. The number of halogens is 6. The van der Waals surface area contributed by atoms with Crippen LogP contribution in [0.4, 0.5) is 32.0 Å². The Labute approximate surface area is 200 Å². The molecule has 0 saturated carbocycles. The monoisotopic (exact) mass is 512 g/mol. The molecule has 1 aromatic heterocycles. The Morgan fingerprint density at radius 1 is 1.03 bits per heavy atom. The van der Waals surface area contributed by atoms with E-state index in [-0.39, 0.29) is 24.5 Å². The molecule has 0 radical (unpaired) electrons. The van der Waals surface area contributed by atoms with E-state index in [9.17, 15) is 36.2 Å². The number of pyridine rings is 1. The Balaban J connectivity index is 1.53. The lowest BCUT2D eigenvalue weighted by Gasteiger charge is -2.40. The number of hydrogen-bond acceptors (Lipinski definition) is 5. The summed E-state index contributed by atoms with van der Waals surface area (Å²) in [5.74, 6) is -0.879. The number of aliphatic hydroxyl groups is 1. The smallest absolute Gasteiger partial charge is 0.406 e. The number of hydrogen-bond donors (Lipinski definition) is 2. The van der Waals surface area contributed by atoms with Gasteiger partial charge in [-0.15, -0.1) is 13.2 Å². The number of rotatable bonds is 6. The minimum Gasteiger partial charge on any atom is -0.406 e. The highest BCUT2D eigenvalue weighted by atomic mass is 19.4. The number of aliphatic hydroxyl groups excluding tert-OH is 1. The Hall–Kier alpha value is -3.64. The Morgan fingerprint density at radius 3 is 2.17 bits per heavy atom. The van der Waals surface area contributed by atoms with Crippen molar-refractivity contribution in [2.24, 2.45) is 0 Å². The molecule has 12 heteroatoms. The molecule has 6 nitrogen and oxygen atoms in total. The summed E-state index contributed by atoms with van der Waals surface area (Å²) in [5, 5.41) is 12.2. The summed E-state index contributed by atoms with van der Waals surface area (Å²) in [6, 6.07) is 11.9. The molecule has 1 saturated heterocycles. The van der Waals surface area contributed by atoms with Crippen LogP contribution in [0.15, 0.2) is 60.8 Å². The molecule has 0 unspecified atom stereocenters. The first kappa shape index (κ1) is 25.5. The predicted octanol–water partition coefficient (Wildman–Crippen LogP) is 5.07. The summed E-state index contributed by atoms with van der Waals surface area (Å²) in [6.45, 7) is -0.524. The first-order valence-corrected chi connectivity index (χ1v) is 10.4. The first-order chi connectivity index (χ1) is 16.9. The zero-order valence-electron chi connectivity index (χ0n) is 18.3. The number of benzene rings is 2. The molecule has 0 bridgehead atoms. The van der Waals surface area contributed by atoms with Gasteiger partial charge in [0.15, 0.2) is 0 Å². The summed E-state index contributed by atoms with van der Waals surface area (Å²) in [5.41, 5.74) is -0.535. The van der Waals surface area contributed by atoms with Crippen LogP contribution in [0.2, 0.25) is 0 Å². The van der Waals surface area contributed by atoms with E-state index >= 15 is 0 Å². The van der Waals surface area contributed by atoms with Gasteiger partial charge in [-0.25, -0.2) is 0 Å². The van der Waals surface area contributed by atoms with Gasteiger partial charge in [0.05, 0.1) is 19.8 Å². The highest BCUT2D eigenvalue weighted by molar-refractivity contribution is 6.00. The number of ether oxygens (including phenoxy) is 2. The fraction of sp³-hybridized carbons (Fsp3) is 0.250. The molecule has 4 rings (SSSR count). The lowest BCUT2D eigenvalue weighted by Crippen LogP contribution is -2.55. The van der Waals surface area contributed by atoms with Crippen LogP contribution in [0.3, 0.4) is 0 Å². The summed E-state index contributed by atoms with van der Waals surface area (Å²) in [6.07, 6.45) is -8.45. The third-order valence-electron chi connectivity index (χ3n) is 5.68. The quantitative estimate of drug-likeness (QED) is 0.451. The van der Waals surface area contributed by atoms with Gasteiger partial charge in [0.2, 0.25) is 5.91 Å². The van der Waals surface area contributed by atoms with Gasteiger partial charge in [0.1, 0.15) is 16.9 Å². The van der Waals surface area contributed by atoms with Crippen molar-refractivity contribution in [3.8, 4) is 16.9 Å². The van der Waals surface area contributed by atoms with Crippen LogP contribution >= 0.6 is 0 Å². The average molecular weight is 512 g/mol. The molecule has 3 aromatic rings. The maximum absolute atomic E-state index is 13.1. The lowest BCUT2D eigenvalue weighted by molar-refractivity contribution is -0.274. The average Bonchev–Trinajstić information content (AvgIpc) is 2.78. The van der Waals surface area contributed by atoms with Gasteiger partial charge in [0.25, 0.3) is 0 Å². The molecule has 2 heterocycles. The highest BCUT2D eigenvalue weighted by Crippen LogP contribution is 2.37. The van der Waals surface area contributed by atoms with Crippen molar-refractivity contribution < 1.29 is 45.7 Å².